The minimum Gasteiger partial charge on any atom is -0.384 e. The number of carbonyl (C=O) groups excluding carboxylic acids is 1. The fraction of sp³-hybridized carbons (Fsp3) is 0.278. The second-order valence-corrected chi connectivity index (χ2v) is 5.99. The molecule has 0 radical (unpaired) electrons. The zero-order valence-electron chi connectivity index (χ0n) is 13.7. The van der Waals surface area contributed by atoms with E-state index in [-0.39, 0.29) is 5.91 Å². The van der Waals surface area contributed by atoms with Gasteiger partial charge in [-0.1, -0.05) is 17.7 Å². The molecule has 0 spiro atoms. The largest absolute Gasteiger partial charge is 0.384 e. The molecule has 2 aromatic carbocycles. The average Bonchev–Trinajstić information content (AvgIpc) is 2.52. The lowest BCUT2D eigenvalue weighted by Gasteiger charge is -2.13. The molecule has 2 rings (SSSR count). The van der Waals surface area contributed by atoms with E-state index in [1.165, 1.54) is 0 Å². The van der Waals surface area contributed by atoms with Crippen LogP contribution in [0.15, 0.2) is 42.5 Å². The molecule has 0 bridgehead atoms. The van der Waals surface area contributed by atoms with Crippen LogP contribution in [-0.2, 0) is 4.79 Å². The molecule has 122 valence electrons. The van der Waals surface area contributed by atoms with E-state index < -0.39 is 0 Å². The molecule has 0 saturated carbocycles. The lowest BCUT2D eigenvalue weighted by atomic mass is 10.2. The van der Waals surface area contributed by atoms with Gasteiger partial charge in [0.05, 0.1) is 0 Å². The molecule has 0 heterocycles. The topological polar surface area (TPSA) is 44.4 Å². The molecule has 5 heteroatoms. The number of carbonyl (C=O) groups is 1. The van der Waals surface area contributed by atoms with E-state index in [0.717, 1.165) is 27.6 Å². The summed E-state index contributed by atoms with van der Waals surface area (Å²) < 4.78 is 0. The van der Waals surface area contributed by atoms with Gasteiger partial charge in [-0.05, 0) is 48.9 Å². The second-order valence-electron chi connectivity index (χ2n) is 5.58. The van der Waals surface area contributed by atoms with E-state index in [2.05, 4.69) is 10.6 Å². The third kappa shape index (κ3) is 4.89. The summed E-state index contributed by atoms with van der Waals surface area (Å²) in [5.41, 5.74) is 3.86. The smallest absolute Gasteiger partial charge is 0.226 e. The standard InChI is InChI=1S/C18H22ClN3O/c1-13-16(19)5-4-6-17(13)20-12-11-18(23)21-14-7-9-15(10-8-14)22(2)3/h4-10,20H,11-12H2,1-3H3,(H,21,23). The molecule has 0 unspecified atom stereocenters. The number of hydrogen-bond donors (Lipinski definition) is 2. The van der Waals surface area contributed by atoms with Crippen molar-refractivity contribution < 1.29 is 4.79 Å². The Labute approximate surface area is 142 Å². The molecule has 1 amide bonds. The lowest BCUT2D eigenvalue weighted by molar-refractivity contribution is -0.115. The second kappa shape index (κ2) is 7.88. The summed E-state index contributed by atoms with van der Waals surface area (Å²) in [6.45, 7) is 2.51. The van der Waals surface area contributed by atoms with Crippen molar-refractivity contribution in [3.63, 3.8) is 0 Å². The van der Waals surface area contributed by atoms with Gasteiger partial charge in [0.2, 0.25) is 5.91 Å². The van der Waals surface area contributed by atoms with Crippen LogP contribution in [-0.4, -0.2) is 26.5 Å². The van der Waals surface area contributed by atoms with Crippen molar-refractivity contribution in [1.82, 2.24) is 0 Å². The number of hydrogen-bond acceptors (Lipinski definition) is 3. The summed E-state index contributed by atoms with van der Waals surface area (Å²) in [5, 5.41) is 6.86. The van der Waals surface area contributed by atoms with Crippen LogP contribution < -0.4 is 15.5 Å². The fourth-order valence-electron chi connectivity index (χ4n) is 2.18. The van der Waals surface area contributed by atoms with Gasteiger partial charge >= 0.3 is 0 Å². The summed E-state index contributed by atoms with van der Waals surface area (Å²) in [4.78, 5) is 14.0. The van der Waals surface area contributed by atoms with Gasteiger partial charge in [0.15, 0.2) is 0 Å². The zero-order chi connectivity index (χ0) is 16.8. The van der Waals surface area contributed by atoms with Gasteiger partial charge in [-0.2, -0.15) is 0 Å². The maximum absolute atomic E-state index is 12.0. The molecule has 0 saturated heterocycles. The Morgan fingerprint density at radius 1 is 1.13 bits per heavy atom. The molecule has 0 aliphatic carbocycles. The molecule has 0 aliphatic rings. The van der Waals surface area contributed by atoms with Crippen LogP contribution in [0.3, 0.4) is 0 Å². The van der Waals surface area contributed by atoms with Crippen LogP contribution in [0, 0.1) is 6.92 Å². The van der Waals surface area contributed by atoms with Crippen LogP contribution in [0.2, 0.25) is 5.02 Å². The summed E-state index contributed by atoms with van der Waals surface area (Å²) in [6.07, 6.45) is 0.390. The normalized spacial score (nSPS) is 10.3. The van der Waals surface area contributed by atoms with Gasteiger partial charge in [0, 0.05) is 49.1 Å². The van der Waals surface area contributed by atoms with E-state index in [9.17, 15) is 4.79 Å². The first-order valence-corrected chi connectivity index (χ1v) is 7.91. The SMILES string of the molecule is Cc1c(Cl)cccc1NCCC(=O)Nc1ccc(N(C)C)cc1. The van der Waals surface area contributed by atoms with Crippen molar-refractivity contribution in [3.05, 3.63) is 53.1 Å². The first-order valence-electron chi connectivity index (χ1n) is 7.53. The van der Waals surface area contributed by atoms with Crippen molar-refractivity contribution in [2.24, 2.45) is 0 Å². The van der Waals surface area contributed by atoms with Gasteiger partial charge in [-0.3, -0.25) is 4.79 Å². The number of benzene rings is 2. The van der Waals surface area contributed by atoms with Crippen LogP contribution in [0.4, 0.5) is 17.1 Å². The number of nitrogens with zero attached hydrogens (tertiary/aromatic N) is 1. The van der Waals surface area contributed by atoms with Gasteiger partial charge in [-0.25, -0.2) is 0 Å². The van der Waals surface area contributed by atoms with Crippen LogP contribution >= 0.6 is 11.6 Å². The summed E-state index contributed by atoms with van der Waals surface area (Å²) in [5.74, 6) is -0.0187. The molecular weight excluding hydrogens is 310 g/mol. The first-order chi connectivity index (χ1) is 11.0. The van der Waals surface area contributed by atoms with Crippen molar-refractivity contribution >= 4 is 34.6 Å². The van der Waals surface area contributed by atoms with E-state index >= 15 is 0 Å². The predicted molar refractivity (Wildman–Crippen MR) is 98.7 cm³/mol. The number of halogens is 1. The van der Waals surface area contributed by atoms with E-state index in [1.807, 2.05) is 68.4 Å². The molecule has 2 N–H and O–H groups in total. The highest BCUT2D eigenvalue weighted by Gasteiger charge is 2.05. The first kappa shape index (κ1) is 17.2. The summed E-state index contributed by atoms with van der Waals surface area (Å²) in [7, 11) is 3.97. The molecule has 0 aliphatic heterocycles. The zero-order valence-corrected chi connectivity index (χ0v) is 14.4. The Kier molecular flexibility index (Phi) is 5.88. The maximum atomic E-state index is 12.0. The highest BCUT2D eigenvalue weighted by molar-refractivity contribution is 6.31. The fourth-order valence-corrected chi connectivity index (χ4v) is 2.35. The van der Waals surface area contributed by atoms with Crippen LogP contribution in [0.25, 0.3) is 0 Å². The molecular formula is C18H22ClN3O. The van der Waals surface area contributed by atoms with Gasteiger partial charge < -0.3 is 15.5 Å². The van der Waals surface area contributed by atoms with Crippen molar-refractivity contribution in [2.45, 2.75) is 13.3 Å². The maximum Gasteiger partial charge on any atom is 0.226 e. The van der Waals surface area contributed by atoms with Gasteiger partial charge in [0.1, 0.15) is 0 Å². The van der Waals surface area contributed by atoms with Gasteiger partial charge in [-0.15, -0.1) is 0 Å². The van der Waals surface area contributed by atoms with Crippen molar-refractivity contribution in [2.75, 3.05) is 36.2 Å². The third-order valence-electron chi connectivity index (χ3n) is 3.60. The van der Waals surface area contributed by atoms with Gasteiger partial charge in [0.25, 0.3) is 0 Å². The Morgan fingerprint density at radius 3 is 2.48 bits per heavy atom. The average molecular weight is 332 g/mol. The number of anilines is 3. The van der Waals surface area contributed by atoms with Crippen LogP contribution in [0.5, 0.6) is 0 Å². The lowest BCUT2D eigenvalue weighted by Crippen LogP contribution is -2.16. The molecule has 23 heavy (non-hydrogen) atoms. The number of nitrogens with one attached hydrogen (secondary N) is 2. The highest BCUT2D eigenvalue weighted by Crippen LogP contribution is 2.22. The molecule has 0 fully saturated rings. The van der Waals surface area contributed by atoms with Crippen molar-refractivity contribution in [1.29, 1.82) is 0 Å². The Morgan fingerprint density at radius 2 is 1.83 bits per heavy atom. The summed E-state index contributed by atoms with van der Waals surface area (Å²) in [6, 6.07) is 13.5. The monoisotopic (exact) mass is 331 g/mol. The third-order valence-corrected chi connectivity index (χ3v) is 4.01. The van der Waals surface area contributed by atoms with E-state index in [4.69, 9.17) is 11.6 Å². The Hall–Kier alpha value is -2.20. The van der Waals surface area contributed by atoms with Crippen molar-refractivity contribution in [3.8, 4) is 0 Å². The highest BCUT2D eigenvalue weighted by atomic mass is 35.5. The van der Waals surface area contributed by atoms with Crippen LogP contribution in [0.1, 0.15) is 12.0 Å². The summed E-state index contributed by atoms with van der Waals surface area (Å²) >= 11 is 6.07. The minimum atomic E-state index is -0.0187. The van der Waals surface area contributed by atoms with E-state index in [0.29, 0.717) is 13.0 Å². The minimum absolute atomic E-state index is 0.0187. The number of rotatable bonds is 6. The Balaban J connectivity index is 1.82. The van der Waals surface area contributed by atoms with E-state index in [1.54, 1.807) is 0 Å². The molecule has 0 aromatic heterocycles. The predicted octanol–water partition coefficient (Wildman–Crippen LogP) is 4.16. The number of amides is 1. The molecule has 2 aromatic rings. The molecule has 0 atom stereocenters. The quantitative estimate of drug-likeness (QED) is 0.835. The molecule has 4 nitrogen and oxygen atoms in total. The Bertz CT molecular complexity index is 668.